The Morgan fingerprint density at radius 2 is 1.27 bits per heavy atom. The van der Waals surface area contributed by atoms with Gasteiger partial charge in [0, 0.05) is 5.41 Å². The van der Waals surface area contributed by atoms with Gasteiger partial charge in [-0.3, -0.25) is 0 Å². The predicted octanol–water partition coefficient (Wildman–Crippen LogP) is 5.60. The van der Waals surface area contributed by atoms with Crippen molar-refractivity contribution in [3.05, 3.63) is 60.2 Å². The van der Waals surface area contributed by atoms with Gasteiger partial charge in [-0.15, -0.1) is 0 Å². The summed E-state index contributed by atoms with van der Waals surface area (Å²) in [4.78, 5) is 0. The molecule has 116 valence electrons. The smallest absolute Gasteiger partial charge is 0.0929 e. The van der Waals surface area contributed by atoms with Crippen molar-refractivity contribution in [1.82, 2.24) is 0 Å². The first kappa shape index (κ1) is 16.3. The summed E-state index contributed by atoms with van der Waals surface area (Å²) in [7, 11) is 0. The Morgan fingerprint density at radius 3 is 1.73 bits per heavy atom. The minimum Gasteiger partial charge on any atom is -0.411 e. The van der Waals surface area contributed by atoms with Crippen molar-refractivity contribution in [1.29, 1.82) is 0 Å². The van der Waals surface area contributed by atoms with Crippen LogP contribution in [0, 0.1) is 10.8 Å². The van der Waals surface area contributed by atoms with Gasteiger partial charge in [-0.05, 0) is 22.1 Å². The molecular weight excluding hydrogens is 270 g/mol. The Kier molecular flexibility index (Phi) is 4.41. The van der Waals surface area contributed by atoms with Gasteiger partial charge < -0.3 is 5.21 Å². The lowest BCUT2D eigenvalue weighted by Crippen LogP contribution is -2.38. The van der Waals surface area contributed by atoms with Crippen LogP contribution in [0.1, 0.15) is 40.2 Å². The Balaban J connectivity index is 2.38. The van der Waals surface area contributed by atoms with Crippen LogP contribution in [-0.4, -0.2) is 10.9 Å². The zero-order chi connectivity index (χ0) is 16.4. The zero-order valence-corrected chi connectivity index (χ0v) is 14.1. The van der Waals surface area contributed by atoms with Crippen LogP contribution in [0.2, 0.25) is 0 Å². The van der Waals surface area contributed by atoms with Crippen LogP contribution in [0.5, 0.6) is 0 Å². The molecule has 2 aromatic carbocycles. The minimum atomic E-state index is -0.240. The Bertz CT molecular complexity index is 646. The van der Waals surface area contributed by atoms with Gasteiger partial charge in [0.2, 0.25) is 0 Å². The summed E-state index contributed by atoms with van der Waals surface area (Å²) in [6, 6.07) is 18.5. The second-order valence-electron chi connectivity index (χ2n) is 7.27. The molecule has 0 amide bonds. The van der Waals surface area contributed by atoms with Crippen LogP contribution in [0.25, 0.3) is 11.1 Å². The van der Waals surface area contributed by atoms with Crippen molar-refractivity contribution in [2.45, 2.75) is 34.6 Å². The van der Waals surface area contributed by atoms with E-state index in [1.165, 1.54) is 5.56 Å². The van der Waals surface area contributed by atoms with Crippen molar-refractivity contribution in [3.63, 3.8) is 0 Å². The van der Waals surface area contributed by atoms with Gasteiger partial charge in [0.1, 0.15) is 0 Å². The lowest BCUT2D eigenvalue weighted by molar-refractivity contribution is 0.206. The highest BCUT2D eigenvalue weighted by Gasteiger charge is 2.38. The summed E-state index contributed by atoms with van der Waals surface area (Å²) in [5, 5.41) is 13.2. The van der Waals surface area contributed by atoms with E-state index in [-0.39, 0.29) is 10.8 Å². The second kappa shape index (κ2) is 5.96. The average molecular weight is 295 g/mol. The highest BCUT2D eigenvalue weighted by Crippen LogP contribution is 2.41. The molecule has 22 heavy (non-hydrogen) atoms. The fourth-order valence-corrected chi connectivity index (χ4v) is 2.35. The molecule has 0 atom stereocenters. The number of rotatable bonds is 3. The van der Waals surface area contributed by atoms with Crippen LogP contribution >= 0.6 is 0 Å². The molecule has 0 fully saturated rings. The normalized spacial score (nSPS) is 13.2. The van der Waals surface area contributed by atoms with Gasteiger partial charge in [0.05, 0.1) is 5.71 Å². The van der Waals surface area contributed by atoms with Gasteiger partial charge in [-0.2, -0.15) is 0 Å². The molecule has 0 saturated carbocycles. The highest BCUT2D eigenvalue weighted by molar-refractivity contribution is 6.04. The maximum absolute atomic E-state index is 9.55. The topological polar surface area (TPSA) is 32.6 Å². The SMILES string of the molecule is CC(C)(C)C(C)(C)/C(=N/O)c1ccc(-c2ccccc2)cc1. The molecule has 0 radical (unpaired) electrons. The van der Waals surface area contributed by atoms with Crippen molar-refractivity contribution in [3.8, 4) is 11.1 Å². The van der Waals surface area contributed by atoms with Crippen molar-refractivity contribution >= 4 is 5.71 Å². The van der Waals surface area contributed by atoms with E-state index in [2.05, 4.69) is 64.0 Å². The van der Waals surface area contributed by atoms with E-state index in [0.717, 1.165) is 16.8 Å². The largest absolute Gasteiger partial charge is 0.411 e. The van der Waals surface area contributed by atoms with Crippen molar-refractivity contribution < 1.29 is 5.21 Å². The van der Waals surface area contributed by atoms with Crippen LogP contribution in [-0.2, 0) is 0 Å². The second-order valence-corrected chi connectivity index (χ2v) is 7.27. The van der Waals surface area contributed by atoms with E-state index < -0.39 is 0 Å². The van der Waals surface area contributed by atoms with Crippen LogP contribution in [0.4, 0.5) is 0 Å². The minimum absolute atomic E-state index is 0.00728. The molecule has 0 aromatic heterocycles. The van der Waals surface area contributed by atoms with Gasteiger partial charge in [-0.1, -0.05) is 94.4 Å². The Morgan fingerprint density at radius 1 is 0.773 bits per heavy atom. The summed E-state index contributed by atoms with van der Waals surface area (Å²) >= 11 is 0. The molecule has 1 N–H and O–H groups in total. The first-order valence-electron chi connectivity index (χ1n) is 7.66. The van der Waals surface area contributed by atoms with Gasteiger partial charge >= 0.3 is 0 Å². The van der Waals surface area contributed by atoms with Crippen molar-refractivity contribution in [2.75, 3.05) is 0 Å². The van der Waals surface area contributed by atoms with E-state index in [1.807, 2.05) is 30.3 Å². The molecule has 0 aliphatic rings. The molecule has 0 bridgehead atoms. The first-order valence-corrected chi connectivity index (χ1v) is 7.66. The lowest BCUT2D eigenvalue weighted by atomic mass is 9.65. The predicted molar refractivity (Wildman–Crippen MR) is 93.4 cm³/mol. The summed E-state index contributed by atoms with van der Waals surface area (Å²) in [6.45, 7) is 10.7. The van der Waals surface area contributed by atoms with E-state index in [0.29, 0.717) is 0 Å². The van der Waals surface area contributed by atoms with Crippen LogP contribution in [0.15, 0.2) is 59.8 Å². The monoisotopic (exact) mass is 295 g/mol. The third kappa shape index (κ3) is 3.06. The van der Waals surface area contributed by atoms with E-state index in [1.54, 1.807) is 0 Å². The summed E-state index contributed by atoms with van der Waals surface area (Å²) in [5.41, 5.74) is 3.78. The summed E-state index contributed by atoms with van der Waals surface area (Å²) in [5.74, 6) is 0. The highest BCUT2D eigenvalue weighted by atomic mass is 16.4. The number of oxime groups is 1. The number of hydrogen-bond acceptors (Lipinski definition) is 2. The van der Waals surface area contributed by atoms with Gasteiger partial charge in [0.25, 0.3) is 0 Å². The molecule has 2 heteroatoms. The molecule has 0 aliphatic heterocycles. The van der Waals surface area contributed by atoms with E-state index in [4.69, 9.17) is 0 Å². The molecule has 0 aliphatic carbocycles. The first-order chi connectivity index (χ1) is 10.3. The van der Waals surface area contributed by atoms with E-state index >= 15 is 0 Å². The summed E-state index contributed by atoms with van der Waals surface area (Å²) in [6.07, 6.45) is 0. The van der Waals surface area contributed by atoms with Gasteiger partial charge in [-0.25, -0.2) is 0 Å². The van der Waals surface area contributed by atoms with Gasteiger partial charge in [0.15, 0.2) is 0 Å². The maximum atomic E-state index is 9.55. The molecule has 2 aromatic rings. The molecule has 2 nitrogen and oxygen atoms in total. The molecular formula is C20H25NO. The third-order valence-electron chi connectivity index (χ3n) is 4.83. The van der Waals surface area contributed by atoms with E-state index in [9.17, 15) is 5.21 Å². The maximum Gasteiger partial charge on any atom is 0.0929 e. The number of nitrogens with zero attached hydrogens (tertiary/aromatic N) is 1. The fraction of sp³-hybridized carbons (Fsp3) is 0.350. The number of benzene rings is 2. The lowest BCUT2D eigenvalue weighted by Gasteiger charge is -2.39. The summed E-state index contributed by atoms with van der Waals surface area (Å²) < 4.78 is 0. The zero-order valence-electron chi connectivity index (χ0n) is 14.1. The quantitative estimate of drug-likeness (QED) is 0.446. The average Bonchev–Trinajstić information content (AvgIpc) is 2.48. The molecule has 0 saturated heterocycles. The fourth-order valence-electron chi connectivity index (χ4n) is 2.35. The molecule has 0 spiro atoms. The van der Waals surface area contributed by atoms with Crippen LogP contribution in [0.3, 0.4) is 0 Å². The molecule has 2 rings (SSSR count). The standard InChI is InChI=1S/C20H25NO/c1-19(2,3)20(4,5)18(21-22)17-13-11-16(12-14-17)15-9-7-6-8-10-15/h6-14,22H,1-5H3/b21-18+. The Hall–Kier alpha value is -2.09. The van der Waals surface area contributed by atoms with Crippen molar-refractivity contribution in [2.24, 2.45) is 16.0 Å². The number of hydrogen-bond donors (Lipinski definition) is 1. The Labute approximate surface area is 133 Å². The third-order valence-corrected chi connectivity index (χ3v) is 4.83. The molecule has 0 heterocycles. The van der Waals surface area contributed by atoms with Crippen LogP contribution < -0.4 is 0 Å². The molecule has 0 unspecified atom stereocenters.